The van der Waals surface area contributed by atoms with Gasteiger partial charge in [-0.25, -0.2) is 15.0 Å². The van der Waals surface area contributed by atoms with Gasteiger partial charge in [0.15, 0.2) is 0 Å². The quantitative estimate of drug-likeness (QED) is 0.390. The number of hydrogen-bond acceptors (Lipinski definition) is 7. The third-order valence-corrected chi connectivity index (χ3v) is 8.05. The van der Waals surface area contributed by atoms with Crippen LogP contribution >= 0.6 is 11.3 Å². The molecule has 0 atom stereocenters. The SMILES string of the molecule is OC1(Cc2nc(-c3cccc(C(F)(F)F)c3)c(-c3ccnc(NC4CCCCC4)n3)s2)CCNCC1. The fourth-order valence-electron chi connectivity index (χ4n) is 4.99. The Labute approximate surface area is 212 Å². The summed E-state index contributed by atoms with van der Waals surface area (Å²) >= 11 is 1.38. The molecule has 2 aromatic heterocycles. The fraction of sp³-hybridized carbons (Fsp3) is 0.500. The molecule has 3 N–H and O–H groups in total. The molecule has 0 radical (unpaired) electrons. The summed E-state index contributed by atoms with van der Waals surface area (Å²) in [5.74, 6) is 0.515. The summed E-state index contributed by atoms with van der Waals surface area (Å²) in [6, 6.07) is 7.31. The Balaban J connectivity index is 1.52. The molecule has 3 heterocycles. The first-order chi connectivity index (χ1) is 17.3. The molecule has 3 aromatic rings. The Kier molecular flexibility index (Phi) is 7.28. The normalized spacial score (nSPS) is 18.8. The van der Waals surface area contributed by atoms with Crippen LogP contribution in [0.1, 0.15) is 55.5 Å². The van der Waals surface area contributed by atoms with Crippen LogP contribution < -0.4 is 10.6 Å². The largest absolute Gasteiger partial charge is 0.416 e. The second-order valence-corrected chi connectivity index (χ2v) is 10.8. The maximum atomic E-state index is 13.5. The number of rotatable bonds is 6. The molecule has 6 nitrogen and oxygen atoms in total. The second-order valence-electron chi connectivity index (χ2n) is 9.76. The lowest BCUT2D eigenvalue weighted by Crippen LogP contribution is -2.43. The van der Waals surface area contributed by atoms with E-state index in [0.717, 1.165) is 38.1 Å². The van der Waals surface area contributed by atoms with Crippen molar-refractivity contribution in [1.82, 2.24) is 20.3 Å². The highest BCUT2D eigenvalue weighted by Crippen LogP contribution is 2.40. The van der Waals surface area contributed by atoms with Crippen molar-refractivity contribution >= 4 is 17.3 Å². The summed E-state index contributed by atoms with van der Waals surface area (Å²) < 4.78 is 40.4. The molecule has 0 amide bonds. The first-order valence-electron chi connectivity index (χ1n) is 12.5. The Hall–Kier alpha value is -2.56. The van der Waals surface area contributed by atoms with E-state index in [4.69, 9.17) is 9.97 Å². The highest BCUT2D eigenvalue weighted by atomic mass is 32.1. The van der Waals surface area contributed by atoms with Crippen LogP contribution in [0.2, 0.25) is 0 Å². The molecule has 0 spiro atoms. The Morgan fingerprint density at radius 1 is 1.08 bits per heavy atom. The number of nitrogens with one attached hydrogen (secondary N) is 2. The van der Waals surface area contributed by atoms with Gasteiger partial charge in [0.1, 0.15) is 0 Å². The van der Waals surface area contributed by atoms with Crippen LogP contribution in [0.5, 0.6) is 0 Å². The number of piperidine rings is 1. The van der Waals surface area contributed by atoms with Crippen LogP contribution in [0.3, 0.4) is 0 Å². The van der Waals surface area contributed by atoms with Crippen molar-refractivity contribution in [1.29, 1.82) is 0 Å². The molecule has 1 saturated carbocycles. The average molecular weight is 518 g/mol. The summed E-state index contributed by atoms with van der Waals surface area (Å²) in [6.45, 7) is 1.44. The van der Waals surface area contributed by atoms with Crippen LogP contribution in [0.15, 0.2) is 36.5 Å². The molecular formula is C26H30F3N5OS. The van der Waals surface area contributed by atoms with Gasteiger partial charge in [0.05, 0.1) is 32.4 Å². The molecule has 1 saturated heterocycles. The Bertz CT molecular complexity index is 1190. The van der Waals surface area contributed by atoms with Crippen LogP contribution in [0.25, 0.3) is 21.8 Å². The molecular weight excluding hydrogens is 487 g/mol. The number of anilines is 1. The monoisotopic (exact) mass is 517 g/mol. The fourth-order valence-corrected chi connectivity index (χ4v) is 6.18. The number of aromatic nitrogens is 3. The van der Waals surface area contributed by atoms with Crippen molar-refractivity contribution in [2.24, 2.45) is 0 Å². The Morgan fingerprint density at radius 2 is 1.86 bits per heavy atom. The maximum absolute atomic E-state index is 13.5. The van der Waals surface area contributed by atoms with Gasteiger partial charge in [0, 0.05) is 24.2 Å². The van der Waals surface area contributed by atoms with E-state index in [2.05, 4.69) is 15.6 Å². The first-order valence-corrected chi connectivity index (χ1v) is 13.3. The number of benzene rings is 1. The molecule has 1 aliphatic carbocycles. The minimum Gasteiger partial charge on any atom is -0.389 e. The zero-order valence-electron chi connectivity index (χ0n) is 19.9. The minimum absolute atomic E-state index is 0.322. The number of hydrogen-bond donors (Lipinski definition) is 3. The van der Waals surface area contributed by atoms with Crippen molar-refractivity contribution in [2.75, 3.05) is 18.4 Å². The summed E-state index contributed by atoms with van der Waals surface area (Å²) in [5, 5.41) is 18.4. The predicted molar refractivity (Wildman–Crippen MR) is 135 cm³/mol. The van der Waals surface area contributed by atoms with E-state index in [1.54, 1.807) is 18.3 Å². The number of halogens is 3. The van der Waals surface area contributed by atoms with Crippen molar-refractivity contribution in [2.45, 2.75) is 69.2 Å². The lowest BCUT2D eigenvalue weighted by Gasteiger charge is -2.31. The predicted octanol–water partition coefficient (Wildman–Crippen LogP) is 5.69. The van der Waals surface area contributed by atoms with Gasteiger partial charge in [0.25, 0.3) is 0 Å². The lowest BCUT2D eigenvalue weighted by atomic mass is 9.89. The number of nitrogens with zero attached hydrogens (tertiary/aromatic N) is 3. The Morgan fingerprint density at radius 3 is 2.61 bits per heavy atom. The molecule has 1 aromatic carbocycles. The molecule has 192 valence electrons. The minimum atomic E-state index is -4.45. The van der Waals surface area contributed by atoms with Gasteiger partial charge in [-0.05, 0) is 57.0 Å². The standard InChI is InChI=1S/C26H30F3N5OS/c27-26(28,29)18-6-4-5-17(15-18)22-23(36-21(34-22)16-25(35)10-13-30-14-11-25)20-9-12-31-24(33-20)32-19-7-2-1-3-8-19/h4-6,9,12,15,19,30,35H,1-3,7-8,10-11,13-14,16H2,(H,31,32,33). The smallest absolute Gasteiger partial charge is 0.389 e. The van der Waals surface area contributed by atoms with E-state index in [0.29, 0.717) is 58.1 Å². The van der Waals surface area contributed by atoms with E-state index in [1.165, 1.54) is 36.7 Å². The summed E-state index contributed by atoms with van der Waals surface area (Å²) in [7, 11) is 0. The molecule has 1 aliphatic heterocycles. The first kappa shape index (κ1) is 25.1. The molecule has 2 fully saturated rings. The molecule has 10 heteroatoms. The summed E-state index contributed by atoms with van der Waals surface area (Å²) in [6.07, 6.45) is 4.50. The summed E-state index contributed by atoms with van der Waals surface area (Å²) in [4.78, 5) is 14.5. The molecule has 5 rings (SSSR count). The van der Waals surface area contributed by atoms with Crippen molar-refractivity contribution in [3.8, 4) is 21.8 Å². The summed E-state index contributed by atoms with van der Waals surface area (Å²) in [5.41, 5.74) is -0.178. The van der Waals surface area contributed by atoms with Crippen molar-refractivity contribution in [3.63, 3.8) is 0 Å². The highest BCUT2D eigenvalue weighted by molar-refractivity contribution is 7.15. The molecule has 36 heavy (non-hydrogen) atoms. The zero-order valence-corrected chi connectivity index (χ0v) is 20.8. The average Bonchev–Trinajstić information content (AvgIpc) is 3.28. The lowest BCUT2D eigenvalue weighted by molar-refractivity contribution is -0.137. The van der Waals surface area contributed by atoms with Gasteiger partial charge in [-0.3, -0.25) is 0 Å². The van der Waals surface area contributed by atoms with E-state index < -0.39 is 17.3 Å². The molecule has 0 unspecified atom stereocenters. The second kappa shape index (κ2) is 10.4. The van der Waals surface area contributed by atoms with Gasteiger partial charge in [-0.15, -0.1) is 11.3 Å². The van der Waals surface area contributed by atoms with E-state index >= 15 is 0 Å². The highest BCUT2D eigenvalue weighted by Gasteiger charge is 2.33. The van der Waals surface area contributed by atoms with E-state index in [-0.39, 0.29) is 0 Å². The third-order valence-electron chi connectivity index (χ3n) is 6.98. The zero-order chi connectivity index (χ0) is 25.2. The van der Waals surface area contributed by atoms with Crippen molar-refractivity contribution in [3.05, 3.63) is 47.1 Å². The van der Waals surface area contributed by atoms with Gasteiger partial charge in [0.2, 0.25) is 5.95 Å². The number of thiazole rings is 1. The molecule has 2 aliphatic rings. The van der Waals surface area contributed by atoms with Crippen molar-refractivity contribution < 1.29 is 18.3 Å². The van der Waals surface area contributed by atoms with Crippen LogP contribution in [0, 0.1) is 0 Å². The van der Waals surface area contributed by atoms with Gasteiger partial charge in [-0.1, -0.05) is 31.4 Å². The molecule has 0 bridgehead atoms. The number of alkyl halides is 3. The maximum Gasteiger partial charge on any atom is 0.416 e. The van der Waals surface area contributed by atoms with Crippen LogP contribution in [0.4, 0.5) is 19.1 Å². The van der Waals surface area contributed by atoms with Gasteiger partial charge < -0.3 is 15.7 Å². The number of aliphatic hydroxyl groups is 1. The van der Waals surface area contributed by atoms with E-state index in [9.17, 15) is 18.3 Å². The van der Waals surface area contributed by atoms with Gasteiger partial charge >= 0.3 is 6.18 Å². The van der Waals surface area contributed by atoms with Crippen LogP contribution in [-0.2, 0) is 12.6 Å². The third kappa shape index (κ3) is 5.87. The van der Waals surface area contributed by atoms with E-state index in [1.807, 2.05) is 0 Å². The van der Waals surface area contributed by atoms with Crippen LogP contribution in [-0.4, -0.2) is 44.8 Å². The topological polar surface area (TPSA) is 83.0 Å². The van der Waals surface area contributed by atoms with Gasteiger partial charge in [-0.2, -0.15) is 13.2 Å².